The second-order valence-corrected chi connectivity index (χ2v) is 6.70. The number of hydrogen-bond donors (Lipinski definition) is 0. The molecule has 0 radical (unpaired) electrons. The molecular formula is C22H26N4O3. The molecule has 0 aliphatic carbocycles. The fourth-order valence-electron chi connectivity index (χ4n) is 3.67. The van der Waals surface area contributed by atoms with Crippen molar-refractivity contribution in [3.8, 4) is 5.95 Å². The van der Waals surface area contributed by atoms with Gasteiger partial charge in [0.2, 0.25) is 5.95 Å². The van der Waals surface area contributed by atoms with Crippen molar-refractivity contribution < 1.29 is 9.47 Å². The molecule has 0 spiro atoms. The normalized spacial score (nSPS) is 11.7. The molecule has 7 nitrogen and oxygen atoms in total. The molecular weight excluding hydrogens is 368 g/mol. The Morgan fingerprint density at radius 1 is 0.793 bits per heavy atom. The van der Waals surface area contributed by atoms with Crippen LogP contribution in [0.3, 0.4) is 0 Å². The first-order valence-electron chi connectivity index (χ1n) is 10.1. The van der Waals surface area contributed by atoms with Crippen LogP contribution in [0.4, 0.5) is 0 Å². The predicted octanol–water partition coefficient (Wildman–Crippen LogP) is 3.21. The number of fused-ring (bicyclic) bond motifs is 2. The first-order chi connectivity index (χ1) is 14.3. The predicted molar refractivity (Wildman–Crippen MR) is 114 cm³/mol. The molecule has 0 unspecified atom stereocenters. The van der Waals surface area contributed by atoms with Gasteiger partial charge < -0.3 is 14.0 Å². The molecule has 0 N–H and O–H groups in total. The van der Waals surface area contributed by atoms with Crippen LogP contribution in [-0.2, 0) is 22.6 Å². The van der Waals surface area contributed by atoms with E-state index in [0.29, 0.717) is 45.5 Å². The van der Waals surface area contributed by atoms with Gasteiger partial charge in [0.05, 0.1) is 41.8 Å². The number of para-hydroxylation sites is 4. The van der Waals surface area contributed by atoms with Crippen LogP contribution in [0, 0.1) is 0 Å². The van der Waals surface area contributed by atoms with Gasteiger partial charge in [0.15, 0.2) is 0 Å². The van der Waals surface area contributed by atoms with Gasteiger partial charge in [-0.25, -0.2) is 14.3 Å². The zero-order valence-electron chi connectivity index (χ0n) is 16.9. The molecule has 0 atom stereocenters. The summed E-state index contributed by atoms with van der Waals surface area (Å²) in [4.78, 5) is 18.2. The van der Waals surface area contributed by atoms with Crippen molar-refractivity contribution in [2.24, 2.45) is 0 Å². The summed E-state index contributed by atoms with van der Waals surface area (Å²) in [7, 11) is 0. The van der Waals surface area contributed by atoms with Crippen LogP contribution in [0.25, 0.3) is 28.0 Å². The van der Waals surface area contributed by atoms with Crippen molar-refractivity contribution in [3.63, 3.8) is 0 Å². The van der Waals surface area contributed by atoms with Crippen molar-refractivity contribution in [3.05, 3.63) is 59.0 Å². The van der Waals surface area contributed by atoms with Crippen LogP contribution in [-0.4, -0.2) is 45.1 Å². The molecule has 152 valence electrons. The van der Waals surface area contributed by atoms with E-state index in [2.05, 4.69) is 4.57 Å². The standard InChI is InChI=1S/C22H26N4O3/c1-3-28-15-13-24-18-10-6-5-9-17(18)23-21(24)26-20-12-8-7-11-19(20)25(22(26)27)14-16-29-4-2/h5-12H,3-4,13-16H2,1-2H3. The van der Waals surface area contributed by atoms with E-state index >= 15 is 0 Å². The molecule has 29 heavy (non-hydrogen) atoms. The fourth-order valence-corrected chi connectivity index (χ4v) is 3.67. The smallest absolute Gasteiger partial charge is 0.336 e. The van der Waals surface area contributed by atoms with Gasteiger partial charge >= 0.3 is 5.69 Å². The molecule has 0 saturated carbocycles. The van der Waals surface area contributed by atoms with Gasteiger partial charge in [-0.3, -0.25) is 4.57 Å². The number of hydrogen-bond acceptors (Lipinski definition) is 4. The van der Waals surface area contributed by atoms with Crippen molar-refractivity contribution in [2.75, 3.05) is 26.4 Å². The van der Waals surface area contributed by atoms with E-state index in [1.165, 1.54) is 0 Å². The molecule has 4 rings (SSSR count). The summed E-state index contributed by atoms with van der Waals surface area (Å²) in [5.74, 6) is 0.613. The molecule has 2 aromatic heterocycles. The third-order valence-electron chi connectivity index (χ3n) is 5.00. The van der Waals surface area contributed by atoms with E-state index in [4.69, 9.17) is 14.5 Å². The van der Waals surface area contributed by atoms with Crippen molar-refractivity contribution in [1.82, 2.24) is 18.7 Å². The largest absolute Gasteiger partial charge is 0.380 e. The van der Waals surface area contributed by atoms with E-state index in [1.54, 1.807) is 9.13 Å². The lowest BCUT2D eigenvalue weighted by Gasteiger charge is -2.10. The Morgan fingerprint density at radius 2 is 1.38 bits per heavy atom. The van der Waals surface area contributed by atoms with E-state index < -0.39 is 0 Å². The molecule has 7 heteroatoms. The molecule has 0 amide bonds. The molecule has 0 aliphatic heterocycles. The van der Waals surface area contributed by atoms with Gasteiger partial charge in [-0.05, 0) is 38.1 Å². The highest BCUT2D eigenvalue weighted by atomic mass is 16.5. The summed E-state index contributed by atoms with van der Waals surface area (Å²) in [6.45, 7) is 7.37. The summed E-state index contributed by atoms with van der Waals surface area (Å²) in [5.41, 5.74) is 3.44. The van der Waals surface area contributed by atoms with Crippen LogP contribution in [0.1, 0.15) is 13.8 Å². The van der Waals surface area contributed by atoms with Crippen molar-refractivity contribution in [2.45, 2.75) is 26.9 Å². The molecule has 0 saturated heterocycles. The highest BCUT2D eigenvalue weighted by molar-refractivity contribution is 5.81. The second kappa shape index (κ2) is 8.63. The lowest BCUT2D eigenvalue weighted by Crippen LogP contribution is -2.27. The fraction of sp³-hybridized carbons (Fsp3) is 0.364. The molecule has 0 bridgehead atoms. The van der Waals surface area contributed by atoms with Crippen LogP contribution in [0.2, 0.25) is 0 Å². The van der Waals surface area contributed by atoms with E-state index in [9.17, 15) is 4.79 Å². The summed E-state index contributed by atoms with van der Waals surface area (Å²) in [6.07, 6.45) is 0. The molecule has 2 aromatic carbocycles. The number of aromatic nitrogens is 4. The number of imidazole rings is 2. The number of ether oxygens (including phenoxy) is 2. The average molecular weight is 394 g/mol. The van der Waals surface area contributed by atoms with Gasteiger partial charge in [-0.2, -0.15) is 0 Å². The Labute approximate surface area is 169 Å². The summed E-state index contributed by atoms with van der Waals surface area (Å²) >= 11 is 0. The Balaban J connectivity index is 1.90. The Kier molecular flexibility index (Phi) is 5.78. The monoisotopic (exact) mass is 394 g/mol. The zero-order chi connectivity index (χ0) is 20.2. The molecule has 4 aromatic rings. The second-order valence-electron chi connectivity index (χ2n) is 6.70. The van der Waals surface area contributed by atoms with Gasteiger partial charge in [0, 0.05) is 19.8 Å². The minimum absolute atomic E-state index is 0.112. The Hall–Kier alpha value is -2.90. The lowest BCUT2D eigenvalue weighted by molar-refractivity contribution is 0.138. The SMILES string of the molecule is CCOCCn1c(-n2c(=O)n(CCOCC)c3ccccc32)nc2ccccc21. The van der Waals surface area contributed by atoms with Gasteiger partial charge in [-0.15, -0.1) is 0 Å². The molecule has 0 aliphatic rings. The summed E-state index contributed by atoms with van der Waals surface area (Å²) < 4.78 is 16.6. The highest BCUT2D eigenvalue weighted by Gasteiger charge is 2.20. The maximum absolute atomic E-state index is 13.4. The maximum atomic E-state index is 13.4. The van der Waals surface area contributed by atoms with E-state index in [-0.39, 0.29) is 5.69 Å². The third-order valence-corrected chi connectivity index (χ3v) is 5.00. The topological polar surface area (TPSA) is 63.2 Å². The highest BCUT2D eigenvalue weighted by Crippen LogP contribution is 2.22. The van der Waals surface area contributed by atoms with Crippen LogP contribution < -0.4 is 5.69 Å². The van der Waals surface area contributed by atoms with E-state index in [1.807, 2.05) is 62.4 Å². The first-order valence-corrected chi connectivity index (χ1v) is 10.1. The average Bonchev–Trinajstić information content (AvgIpc) is 3.23. The summed E-state index contributed by atoms with van der Waals surface area (Å²) in [5, 5.41) is 0. The van der Waals surface area contributed by atoms with Gasteiger partial charge in [-0.1, -0.05) is 24.3 Å². The van der Waals surface area contributed by atoms with Crippen molar-refractivity contribution >= 4 is 22.1 Å². The maximum Gasteiger partial charge on any atom is 0.336 e. The van der Waals surface area contributed by atoms with Crippen LogP contribution in [0.5, 0.6) is 0 Å². The summed E-state index contributed by atoms with van der Waals surface area (Å²) in [6, 6.07) is 15.7. The van der Waals surface area contributed by atoms with Crippen LogP contribution >= 0.6 is 0 Å². The number of nitrogens with zero attached hydrogens (tertiary/aromatic N) is 4. The van der Waals surface area contributed by atoms with E-state index in [0.717, 1.165) is 22.1 Å². The number of rotatable bonds is 9. The number of benzene rings is 2. The lowest BCUT2D eigenvalue weighted by atomic mass is 10.3. The third kappa shape index (κ3) is 3.59. The molecule has 0 fully saturated rings. The van der Waals surface area contributed by atoms with Gasteiger partial charge in [0.1, 0.15) is 0 Å². The Bertz CT molecular complexity index is 1170. The molecule has 2 heterocycles. The van der Waals surface area contributed by atoms with Crippen LogP contribution in [0.15, 0.2) is 53.3 Å². The quantitative estimate of drug-likeness (QED) is 0.409. The zero-order valence-corrected chi connectivity index (χ0v) is 16.9. The minimum atomic E-state index is -0.112. The Morgan fingerprint density at radius 3 is 2.07 bits per heavy atom. The van der Waals surface area contributed by atoms with Gasteiger partial charge in [0.25, 0.3) is 0 Å². The first kappa shape index (κ1) is 19.4. The minimum Gasteiger partial charge on any atom is -0.380 e. The van der Waals surface area contributed by atoms with Crippen molar-refractivity contribution in [1.29, 1.82) is 0 Å².